The quantitative estimate of drug-likeness (QED) is 0.261. The van der Waals surface area contributed by atoms with Crippen molar-refractivity contribution in [1.29, 1.82) is 0 Å². The van der Waals surface area contributed by atoms with Gasteiger partial charge in [-0.05, 0) is 64.8 Å². The van der Waals surface area contributed by atoms with Gasteiger partial charge in [-0.2, -0.15) is 4.98 Å². The summed E-state index contributed by atoms with van der Waals surface area (Å²) < 4.78 is 27.9. The van der Waals surface area contributed by atoms with Crippen molar-refractivity contribution in [1.82, 2.24) is 19.6 Å². The van der Waals surface area contributed by atoms with E-state index in [0.29, 0.717) is 45.6 Å². The lowest BCUT2D eigenvalue weighted by Crippen LogP contribution is -2.32. The summed E-state index contributed by atoms with van der Waals surface area (Å²) >= 11 is 4.62. The van der Waals surface area contributed by atoms with Crippen LogP contribution in [0, 0.1) is 0 Å². The molecule has 0 radical (unpaired) electrons. The summed E-state index contributed by atoms with van der Waals surface area (Å²) in [6.07, 6.45) is 4.28. The van der Waals surface area contributed by atoms with Crippen LogP contribution in [0.1, 0.15) is 19.3 Å². The Kier molecular flexibility index (Phi) is 8.55. The highest BCUT2D eigenvalue weighted by Crippen LogP contribution is 2.23. The first-order valence-electron chi connectivity index (χ1n) is 11.1. The molecule has 13 heteroatoms. The summed E-state index contributed by atoms with van der Waals surface area (Å²) in [5, 5.41) is 11.0. The fourth-order valence-electron chi connectivity index (χ4n) is 3.47. The van der Waals surface area contributed by atoms with Gasteiger partial charge in [0.15, 0.2) is 0 Å². The number of carbonyl (C=O) groups excluding carboxylic acids is 1. The van der Waals surface area contributed by atoms with E-state index in [2.05, 4.69) is 46.6 Å². The summed E-state index contributed by atoms with van der Waals surface area (Å²) in [5.74, 6) is 0.972. The van der Waals surface area contributed by atoms with E-state index in [4.69, 9.17) is 0 Å². The Morgan fingerprint density at radius 2 is 1.91 bits per heavy atom. The second-order valence-corrected chi connectivity index (χ2v) is 11.6. The molecule has 0 aliphatic carbocycles. The summed E-state index contributed by atoms with van der Waals surface area (Å²) in [6.45, 7) is 2.39. The van der Waals surface area contributed by atoms with Gasteiger partial charge in [-0.1, -0.05) is 12.1 Å². The zero-order valence-corrected chi connectivity index (χ0v) is 22.0. The van der Waals surface area contributed by atoms with Crippen molar-refractivity contribution in [2.75, 3.05) is 42.1 Å². The third kappa shape index (κ3) is 7.13. The lowest BCUT2D eigenvalue weighted by atomic mass is 10.3. The van der Waals surface area contributed by atoms with Gasteiger partial charge in [-0.15, -0.1) is 11.3 Å². The minimum absolute atomic E-state index is 0.0938. The molecule has 1 aromatic carbocycles. The summed E-state index contributed by atoms with van der Waals surface area (Å²) in [4.78, 5) is 22.9. The molecule has 186 valence electrons. The second-order valence-electron chi connectivity index (χ2n) is 7.83. The summed E-state index contributed by atoms with van der Waals surface area (Å²) in [7, 11) is -3.46. The molecule has 0 unspecified atom stereocenters. The molecule has 10 nitrogen and oxygen atoms in total. The van der Waals surface area contributed by atoms with Gasteiger partial charge in [0, 0.05) is 43.8 Å². The SMILES string of the molecule is O=C(Nc1cccc(Nc2ncc(Br)c(NCCCNS(=O)(=O)c3cccs3)n2)c1)N1CCCC1. The second kappa shape index (κ2) is 11.8. The number of hydrogen-bond donors (Lipinski definition) is 4. The van der Waals surface area contributed by atoms with E-state index in [1.807, 2.05) is 29.2 Å². The predicted molar refractivity (Wildman–Crippen MR) is 142 cm³/mol. The predicted octanol–water partition coefficient (Wildman–Crippen LogP) is 4.45. The van der Waals surface area contributed by atoms with Crippen LogP contribution in [-0.2, 0) is 10.0 Å². The molecule has 0 atom stereocenters. The number of aromatic nitrogens is 2. The number of urea groups is 1. The first-order chi connectivity index (χ1) is 16.9. The Morgan fingerprint density at radius 3 is 2.69 bits per heavy atom. The molecule has 1 fully saturated rings. The maximum atomic E-state index is 12.3. The van der Waals surface area contributed by atoms with Gasteiger partial charge in [0.1, 0.15) is 10.0 Å². The molecule has 4 N–H and O–H groups in total. The average Bonchev–Trinajstić information content (AvgIpc) is 3.56. The molecule has 35 heavy (non-hydrogen) atoms. The van der Waals surface area contributed by atoms with E-state index in [1.54, 1.807) is 23.7 Å². The van der Waals surface area contributed by atoms with Crippen molar-refractivity contribution in [2.45, 2.75) is 23.5 Å². The third-order valence-electron chi connectivity index (χ3n) is 5.21. The van der Waals surface area contributed by atoms with Gasteiger partial charge in [0.05, 0.1) is 4.47 Å². The molecule has 1 aliphatic rings. The molecule has 0 bridgehead atoms. The molecule has 2 aromatic heterocycles. The summed E-state index contributed by atoms with van der Waals surface area (Å²) in [6, 6.07) is 10.6. The maximum Gasteiger partial charge on any atom is 0.321 e. The van der Waals surface area contributed by atoms with Crippen LogP contribution in [0.2, 0.25) is 0 Å². The Hall–Kier alpha value is -2.74. The van der Waals surface area contributed by atoms with E-state index >= 15 is 0 Å². The Labute approximate surface area is 216 Å². The molecule has 3 heterocycles. The molecule has 0 spiro atoms. The number of carbonyl (C=O) groups is 1. The molecule has 4 rings (SSSR count). The van der Waals surface area contributed by atoms with Crippen LogP contribution < -0.4 is 20.7 Å². The Balaban J connectivity index is 1.29. The van der Waals surface area contributed by atoms with E-state index in [9.17, 15) is 13.2 Å². The number of anilines is 4. The number of sulfonamides is 1. The molecule has 2 amide bonds. The topological polar surface area (TPSA) is 128 Å². The van der Waals surface area contributed by atoms with Crippen molar-refractivity contribution < 1.29 is 13.2 Å². The highest BCUT2D eigenvalue weighted by molar-refractivity contribution is 9.10. The van der Waals surface area contributed by atoms with Crippen LogP contribution in [0.3, 0.4) is 0 Å². The first-order valence-corrected chi connectivity index (χ1v) is 14.3. The van der Waals surface area contributed by atoms with Gasteiger partial charge in [-0.3, -0.25) is 0 Å². The number of hydrogen-bond acceptors (Lipinski definition) is 8. The molecular weight excluding hydrogens is 554 g/mol. The number of halogens is 1. The fourth-order valence-corrected chi connectivity index (χ4v) is 5.91. The van der Waals surface area contributed by atoms with E-state index in [1.165, 1.54) is 11.3 Å². The Bertz CT molecular complexity index is 1250. The van der Waals surface area contributed by atoms with Crippen LogP contribution >= 0.6 is 27.3 Å². The smallest absolute Gasteiger partial charge is 0.321 e. The van der Waals surface area contributed by atoms with E-state index in [0.717, 1.165) is 31.6 Å². The molecule has 0 saturated carbocycles. The van der Waals surface area contributed by atoms with Gasteiger partial charge in [0.2, 0.25) is 16.0 Å². The van der Waals surface area contributed by atoms with Crippen LogP contribution in [0.5, 0.6) is 0 Å². The largest absolute Gasteiger partial charge is 0.369 e. The number of amides is 2. The van der Waals surface area contributed by atoms with Crippen LogP contribution in [0.25, 0.3) is 0 Å². The molecule has 3 aromatic rings. The minimum atomic E-state index is -3.46. The number of rotatable bonds is 10. The van der Waals surface area contributed by atoms with E-state index in [-0.39, 0.29) is 6.03 Å². The van der Waals surface area contributed by atoms with Crippen LogP contribution in [0.4, 0.5) is 27.9 Å². The van der Waals surface area contributed by atoms with Crippen molar-refractivity contribution in [3.63, 3.8) is 0 Å². The monoisotopic (exact) mass is 579 g/mol. The van der Waals surface area contributed by atoms with Crippen LogP contribution in [0.15, 0.2) is 56.7 Å². The number of nitrogens with zero attached hydrogens (tertiary/aromatic N) is 3. The van der Waals surface area contributed by atoms with Gasteiger partial charge in [-0.25, -0.2) is 22.9 Å². The summed E-state index contributed by atoms with van der Waals surface area (Å²) in [5.41, 5.74) is 1.42. The van der Waals surface area contributed by atoms with Gasteiger partial charge < -0.3 is 20.9 Å². The number of thiophene rings is 1. The van der Waals surface area contributed by atoms with Crippen molar-refractivity contribution in [3.05, 3.63) is 52.4 Å². The zero-order chi connectivity index (χ0) is 24.7. The number of nitrogens with one attached hydrogen (secondary N) is 4. The van der Waals surface area contributed by atoms with Gasteiger partial charge in [0.25, 0.3) is 0 Å². The normalized spacial score (nSPS) is 13.6. The van der Waals surface area contributed by atoms with E-state index < -0.39 is 10.0 Å². The maximum absolute atomic E-state index is 12.3. The van der Waals surface area contributed by atoms with Gasteiger partial charge >= 0.3 is 6.03 Å². The highest BCUT2D eigenvalue weighted by Gasteiger charge is 2.18. The fraction of sp³-hybridized carbons (Fsp3) is 0.318. The zero-order valence-electron chi connectivity index (χ0n) is 18.8. The average molecular weight is 581 g/mol. The lowest BCUT2D eigenvalue weighted by Gasteiger charge is -2.16. The third-order valence-corrected chi connectivity index (χ3v) is 8.64. The minimum Gasteiger partial charge on any atom is -0.369 e. The number of benzene rings is 1. The highest BCUT2D eigenvalue weighted by atomic mass is 79.9. The van der Waals surface area contributed by atoms with Crippen molar-refractivity contribution in [2.24, 2.45) is 0 Å². The molecule has 1 saturated heterocycles. The van der Waals surface area contributed by atoms with Crippen LogP contribution in [-0.4, -0.2) is 55.5 Å². The van der Waals surface area contributed by atoms with Crippen molar-refractivity contribution >= 4 is 66.5 Å². The Morgan fingerprint density at radius 1 is 1.11 bits per heavy atom. The standard InChI is InChI=1S/C22H26BrN7O3S2/c23-18-15-25-21(27-16-6-3-7-17(14-16)28-22(31)30-11-1-2-12-30)29-20(18)24-9-5-10-26-35(32,33)19-8-4-13-34-19/h3-4,6-8,13-15,26H,1-2,5,9-12H2,(H,28,31)(H2,24,25,27,29). The number of likely N-dealkylation sites (tertiary alicyclic amines) is 1. The first kappa shape index (κ1) is 25.4. The molecular formula is C22H26BrN7O3S2. The lowest BCUT2D eigenvalue weighted by molar-refractivity contribution is 0.222. The molecule has 1 aliphatic heterocycles. The van der Waals surface area contributed by atoms with Crippen molar-refractivity contribution in [3.8, 4) is 0 Å².